The van der Waals surface area contributed by atoms with E-state index >= 15 is 0 Å². The van der Waals surface area contributed by atoms with Crippen molar-refractivity contribution in [1.82, 2.24) is 0 Å². The molecule has 25 heavy (non-hydrogen) atoms. The molecule has 1 saturated heterocycles. The van der Waals surface area contributed by atoms with Crippen molar-refractivity contribution in [3.05, 3.63) is 23.3 Å². The molecule has 7 nitrogen and oxygen atoms in total. The van der Waals surface area contributed by atoms with Crippen LogP contribution < -0.4 is 9.47 Å². The van der Waals surface area contributed by atoms with Gasteiger partial charge in [-0.3, -0.25) is 4.79 Å². The molecule has 1 aromatic carbocycles. The zero-order valence-electron chi connectivity index (χ0n) is 15.2. The highest BCUT2D eigenvalue weighted by atomic mass is 16.7. The Morgan fingerprint density at radius 3 is 2.20 bits per heavy atom. The van der Waals surface area contributed by atoms with Crippen molar-refractivity contribution < 1.29 is 33.3 Å². The van der Waals surface area contributed by atoms with Crippen LogP contribution >= 0.6 is 0 Å². The first kappa shape index (κ1) is 19.2. The van der Waals surface area contributed by atoms with Gasteiger partial charge in [-0.1, -0.05) is 13.8 Å². The summed E-state index contributed by atoms with van der Waals surface area (Å²) in [6.07, 6.45) is -0.777. The summed E-state index contributed by atoms with van der Waals surface area (Å²) in [6, 6.07) is 3.04. The monoisotopic (exact) mass is 352 g/mol. The summed E-state index contributed by atoms with van der Waals surface area (Å²) in [4.78, 5) is 24.4. The third-order valence-corrected chi connectivity index (χ3v) is 3.77. The molecule has 0 aromatic heterocycles. The van der Waals surface area contributed by atoms with Gasteiger partial charge in [-0.25, -0.2) is 4.79 Å². The lowest BCUT2D eigenvalue weighted by atomic mass is 9.94. The van der Waals surface area contributed by atoms with Crippen molar-refractivity contribution in [3.63, 3.8) is 0 Å². The standard InChI is InChI=1S/C18H24O7/c1-6-23-16(20)15(19)11-7-13(21-4)14(22-5)8-12(11)17-24-9-18(2,3)10-25-17/h7-8,17H,6,9-10H2,1-5H3. The molecule has 0 saturated carbocycles. The number of esters is 1. The molecule has 0 N–H and O–H groups in total. The van der Waals surface area contributed by atoms with Gasteiger partial charge in [0.1, 0.15) is 0 Å². The number of Topliss-reactive ketones (excluding diaryl/α,β-unsaturated/α-hetero) is 1. The van der Waals surface area contributed by atoms with Gasteiger partial charge >= 0.3 is 5.97 Å². The van der Waals surface area contributed by atoms with E-state index in [0.717, 1.165) is 0 Å². The number of ketones is 1. The molecule has 1 aromatic rings. The molecular weight excluding hydrogens is 328 g/mol. The van der Waals surface area contributed by atoms with Crippen LogP contribution in [0.5, 0.6) is 11.5 Å². The summed E-state index contributed by atoms with van der Waals surface area (Å²) < 4.78 is 26.9. The van der Waals surface area contributed by atoms with Gasteiger partial charge in [-0.15, -0.1) is 0 Å². The largest absolute Gasteiger partial charge is 0.493 e. The molecule has 0 unspecified atom stereocenters. The quantitative estimate of drug-likeness (QED) is 0.442. The van der Waals surface area contributed by atoms with Crippen molar-refractivity contribution in [2.75, 3.05) is 34.0 Å². The minimum Gasteiger partial charge on any atom is -0.493 e. The van der Waals surface area contributed by atoms with Gasteiger partial charge in [0, 0.05) is 16.5 Å². The van der Waals surface area contributed by atoms with Gasteiger partial charge in [0.15, 0.2) is 17.8 Å². The maximum atomic E-state index is 12.5. The number of methoxy groups -OCH3 is 2. The first-order chi connectivity index (χ1) is 11.8. The van der Waals surface area contributed by atoms with Crippen LogP contribution in [0.15, 0.2) is 12.1 Å². The first-order valence-corrected chi connectivity index (χ1v) is 8.03. The molecule has 1 fully saturated rings. The Labute approximate surface area is 147 Å². The molecule has 1 aliphatic rings. The minimum absolute atomic E-state index is 0.109. The van der Waals surface area contributed by atoms with Gasteiger partial charge in [0.05, 0.1) is 34.0 Å². The summed E-state index contributed by atoms with van der Waals surface area (Å²) >= 11 is 0. The Morgan fingerprint density at radius 1 is 1.12 bits per heavy atom. The van der Waals surface area contributed by atoms with E-state index in [1.165, 1.54) is 20.3 Å². The second kappa shape index (κ2) is 7.84. The molecule has 1 aliphatic heterocycles. The third kappa shape index (κ3) is 4.29. The van der Waals surface area contributed by atoms with Crippen molar-refractivity contribution in [2.45, 2.75) is 27.1 Å². The normalized spacial score (nSPS) is 17.0. The fourth-order valence-corrected chi connectivity index (χ4v) is 2.46. The Morgan fingerprint density at radius 2 is 1.68 bits per heavy atom. The fourth-order valence-electron chi connectivity index (χ4n) is 2.46. The topological polar surface area (TPSA) is 80.3 Å². The summed E-state index contributed by atoms with van der Waals surface area (Å²) in [5.41, 5.74) is 0.394. The van der Waals surface area contributed by atoms with E-state index < -0.39 is 18.0 Å². The lowest BCUT2D eigenvalue weighted by Gasteiger charge is -2.35. The van der Waals surface area contributed by atoms with Gasteiger partial charge in [0.2, 0.25) is 0 Å². The SMILES string of the molecule is CCOC(=O)C(=O)c1cc(OC)c(OC)cc1C1OCC(C)(C)CO1. The number of hydrogen-bond donors (Lipinski definition) is 0. The maximum absolute atomic E-state index is 12.5. The fraction of sp³-hybridized carbons (Fsp3) is 0.556. The highest BCUT2D eigenvalue weighted by Crippen LogP contribution is 2.38. The summed E-state index contributed by atoms with van der Waals surface area (Å²) in [6.45, 7) is 6.69. The van der Waals surface area contributed by atoms with Crippen LogP contribution in [-0.2, 0) is 19.0 Å². The van der Waals surface area contributed by atoms with Crippen molar-refractivity contribution >= 4 is 11.8 Å². The maximum Gasteiger partial charge on any atom is 0.379 e. The second-order valence-electron chi connectivity index (χ2n) is 6.46. The van der Waals surface area contributed by atoms with E-state index in [1.807, 2.05) is 13.8 Å². The Hall–Kier alpha value is -2.12. The molecular formula is C18H24O7. The van der Waals surface area contributed by atoms with E-state index in [1.54, 1.807) is 13.0 Å². The number of carbonyl (C=O) groups excluding carboxylic acids is 2. The number of benzene rings is 1. The second-order valence-corrected chi connectivity index (χ2v) is 6.46. The molecule has 0 spiro atoms. The van der Waals surface area contributed by atoms with Crippen LogP contribution in [-0.4, -0.2) is 45.8 Å². The molecule has 0 radical (unpaired) electrons. The highest BCUT2D eigenvalue weighted by molar-refractivity contribution is 6.41. The summed E-state index contributed by atoms with van der Waals surface area (Å²) in [7, 11) is 2.94. The van der Waals surface area contributed by atoms with Crippen LogP contribution in [0.4, 0.5) is 0 Å². The highest BCUT2D eigenvalue weighted by Gasteiger charge is 2.33. The number of carbonyl (C=O) groups is 2. The molecule has 0 aliphatic carbocycles. The van der Waals surface area contributed by atoms with Crippen LogP contribution in [0.1, 0.15) is 43.0 Å². The Kier molecular flexibility index (Phi) is 6.02. The van der Waals surface area contributed by atoms with E-state index in [2.05, 4.69) is 0 Å². The number of hydrogen-bond acceptors (Lipinski definition) is 7. The summed E-state index contributed by atoms with van der Waals surface area (Å²) in [5, 5.41) is 0. The van der Waals surface area contributed by atoms with Crippen LogP contribution in [0.3, 0.4) is 0 Å². The third-order valence-electron chi connectivity index (χ3n) is 3.77. The van der Waals surface area contributed by atoms with Crippen molar-refractivity contribution in [1.29, 1.82) is 0 Å². The average molecular weight is 352 g/mol. The molecule has 138 valence electrons. The van der Waals surface area contributed by atoms with E-state index in [4.69, 9.17) is 23.7 Å². The van der Waals surface area contributed by atoms with Crippen LogP contribution in [0.25, 0.3) is 0 Å². The molecule has 0 amide bonds. The predicted octanol–water partition coefficient (Wildman–Crippen LogP) is 2.52. The van der Waals surface area contributed by atoms with Crippen LogP contribution in [0, 0.1) is 5.41 Å². The van der Waals surface area contributed by atoms with Crippen LogP contribution in [0.2, 0.25) is 0 Å². The Bertz CT molecular complexity index is 641. The number of rotatable bonds is 6. The molecule has 7 heteroatoms. The molecule has 1 heterocycles. The smallest absolute Gasteiger partial charge is 0.379 e. The Balaban J connectivity index is 2.45. The predicted molar refractivity (Wildman–Crippen MR) is 88.9 cm³/mol. The summed E-state index contributed by atoms with van der Waals surface area (Å²) in [5.74, 6) is -0.980. The first-order valence-electron chi connectivity index (χ1n) is 8.03. The van der Waals surface area contributed by atoms with Gasteiger partial charge in [0.25, 0.3) is 5.78 Å². The van der Waals surface area contributed by atoms with Crippen molar-refractivity contribution in [2.24, 2.45) is 5.41 Å². The lowest BCUT2D eigenvalue weighted by molar-refractivity contribution is -0.226. The van der Waals surface area contributed by atoms with Gasteiger partial charge in [-0.05, 0) is 19.1 Å². The van der Waals surface area contributed by atoms with E-state index in [0.29, 0.717) is 30.3 Å². The number of ether oxygens (including phenoxy) is 5. The minimum atomic E-state index is -0.938. The zero-order chi connectivity index (χ0) is 18.6. The van der Waals surface area contributed by atoms with E-state index in [9.17, 15) is 9.59 Å². The van der Waals surface area contributed by atoms with Gasteiger partial charge < -0.3 is 23.7 Å². The molecule has 2 rings (SSSR count). The van der Waals surface area contributed by atoms with E-state index in [-0.39, 0.29) is 17.6 Å². The molecule has 0 bridgehead atoms. The molecule has 0 atom stereocenters. The zero-order valence-corrected chi connectivity index (χ0v) is 15.2. The average Bonchev–Trinajstić information content (AvgIpc) is 2.60. The lowest BCUT2D eigenvalue weighted by Crippen LogP contribution is -2.34. The van der Waals surface area contributed by atoms with Crippen molar-refractivity contribution in [3.8, 4) is 11.5 Å². The van der Waals surface area contributed by atoms with Gasteiger partial charge in [-0.2, -0.15) is 0 Å².